The van der Waals surface area contributed by atoms with Crippen LogP contribution in [-0.4, -0.2) is 28.7 Å². The summed E-state index contributed by atoms with van der Waals surface area (Å²) in [7, 11) is 0. The normalized spacial score (nSPS) is 11.5. The third kappa shape index (κ3) is 3.22. The number of hydrogen-bond acceptors (Lipinski definition) is 5. The maximum Gasteiger partial charge on any atom is 0.264 e. The summed E-state index contributed by atoms with van der Waals surface area (Å²) in [6.07, 6.45) is 3.01. The van der Waals surface area contributed by atoms with Crippen molar-refractivity contribution in [1.82, 2.24) is 28.7 Å². The van der Waals surface area contributed by atoms with Gasteiger partial charge in [0.25, 0.3) is 11.1 Å². The van der Waals surface area contributed by atoms with E-state index in [1.807, 2.05) is 45.0 Å². The summed E-state index contributed by atoms with van der Waals surface area (Å²) in [6, 6.07) is 13.0. The van der Waals surface area contributed by atoms with Gasteiger partial charge in [-0.05, 0) is 56.2 Å². The van der Waals surface area contributed by atoms with Crippen molar-refractivity contribution in [1.29, 1.82) is 0 Å². The van der Waals surface area contributed by atoms with Crippen molar-refractivity contribution in [2.24, 2.45) is 0 Å². The van der Waals surface area contributed by atoms with Crippen LogP contribution in [0.25, 0.3) is 22.4 Å². The van der Waals surface area contributed by atoms with E-state index in [1.54, 1.807) is 15.1 Å². The summed E-state index contributed by atoms with van der Waals surface area (Å²) in [5.41, 5.74) is 5.01. The summed E-state index contributed by atoms with van der Waals surface area (Å²) in [4.78, 5) is 34.6. The van der Waals surface area contributed by atoms with Crippen LogP contribution in [-0.2, 0) is 6.54 Å². The highest BCUT2D eigenvalue weighted by atomic mass is 16.1. The van der Waals surface area contributed by atoms with Gasteiger partial charge in [-0.25, -0.2) is 14.6 Å². The van der Waals surface area contributed by atoms with E-state index in [0.717, 1.165) is 22.5 Å². The predicted molar refractivity (Wildman–Crippen MR) is 118 cm³/mol. The molecule has 0 saturated heterocycles. The monoisotopic (exact) mass is 412 g/mol. The molecule has 0 amide bonds. The number of fused-ring (bicyclic) bond motifs is 2. The van der Waals surface area contributed by atoms with Crippen molar-refractivity contribution in [3.8, 4) is 5.69 Å². The molecule has 0 aliphatic heterocycles. The van der Waals surface area contributed by atoms with E-state index in [9.17, 15) is 9.59 Å². The molecule has 5 rings (SSSR count). The van der Waals surface area contributed by atoms with Gasteiger partial charge in [0.2, 0.25) is 0 Å². The first-order valence-electron chi connectivity index (χ1n) is 9.91. The van der Waals surface area contributed by atoms with E-state index >= 15 is 0 Å². The number of aryl methyl sites for hydroxylation is 3. The second-order valence-electron chi connectivity index (χ2n) is 7.76. The van der Waals surface area contributed by atoms with Crippen LogP contribution < -0.4 is 11.1 Å². The Hall–Kier alpha value is -4.07. The van der Waals surface area contributed by atoms with E-state index in [2.05, 4.69) is 21.1 Å². The van der Waals surface area contributed by atoms with Crippen LogP contribution in [0.15, 0.2) is 64.6 Å². The molecule has 8 heteroatoms. The van der Waals surface area contributed by atoms with Gasteiger partial charge in [0.05, 0.1) is 24.1 Å². The van der Waals surface area contributed by atoms with Crippen LogP contribution in [0.3, 0.4) is 0 Å². The Morgan fingerprint density at radius 3 is 2.52 bits per heavy atom. The largest absolute Gasteiger partial charge is 0.292 e. The minimum atomic E-state index is -0.230. The van der Waals surface area contributed by atoms with Crippen molar-refractivity contribution in [3.05, 3.63) is 98.2 Å². The maximum atomic E-state index is 13.1. The van der Waals surface area contributed by atoms with Crippen LogP contribution in [0.5, 0.6) is 0 Å². The average molecular weight is 412 g/mol. The van der Waals surface area contributed by atoms with Crippen molar-refractivity contribution in [2.45, 2.75) is 27.3 Å². The fraction of sp³-hybridized carbons (Fsp3) is 0.174. The first-order valence-corrected chi connectivity index (χ1v) is 9.91. The molecule has 0 unspecified atom stereocenters. The molecular formula is C23H20N6O2. The van der Waals surface area contributed by atoms with E-state index in [-0.39, 0.29) is 17.7 Å². The highest BCUT2D eigenvalue weighted by molar-refractivity contribution is 5.75. The van der Waals surface area contributed by atoms with Gasteiger partial charge < -0.3 is 0 Å². The lowest BCUT2D eigenvalue weighted by molar-refractivity contribution is 0.724. The molecule has 4 heterocycles. The van der Waals surface area contributed by atoms with Crippen molar-refractivity contribution in [2.75, 3.05) is 0 Å². The third-order valence-corrected chi connectivity index (χ3v) is 5.27. The summed E-state index contributed by atoms with van der Waals surface area (Å²) >= 11 is 0. The summed E-state index contributed by atoms with van der Waals surface area (Å²) in [6.45, 7) is 6.04. The molecule has 31 heavy (non-hydrogen) atoms. The van der Waals surface area contributed by atoms with Gasteiger partial charge in [-0.3, -0.25) is 18.6 Å². The van der Waals surface area contributed by atoms with Crippen LogP contribution in [0.1, 0.15) is 22.5 Å². The molecule has 154 valence electrons. The second-order valence-corrected chi connectivity index (χ2v) is 7.76. The van der Waals surface area contributed by atoms with E-state index < -0.39 is 0 Å². The van der Waals surface area contributed by atoms with Crippen LogP contribution in [0.4, 0.5) is 0 Å². The van der Waals surface area contributed by atoms with Crippen molar-refractivity contribution >= 4 is 16.7 Å². The van der Waals surface area contributed by atoms with Crippen molar-refractivity contribution < 1.29 is 0 Å². The lowest BCUT2D eigenvalue weighted by atomic mass is 10.1. The summed E-state index contributed by atoms with van der Waals surface area (Å²) < 4.78 is 4.66. The second kappa shape index (κ2) is 7.02. The fourth-order valence-electron chi connectivity index (χ4n) is 3.94. The quantitative estimate of drug-likeness (QED) is 0.455. The lowest BCUT2D eigenvalue weighted by Crippen LogP contribution is -2.24. The molecule has 0 fully saturated rings. The van der Waals surface area contributed by atoms with Crippen molar-refractivity contribution in [3.63, 3.8) is 0 Å². The zero-order chi connectivity index (χ0) is 21.7. The fourth-order valence-corrected chi connectivity index (χ4v) is 3.94. The highest BCUT2D eigenvalue weighted by Crippen LogP contribution is 2.17. The minimum absolute atomic E-state index is 0.149. The molecule has 5 aromatic rings. The van der Waals surface area contributed by atoms with E-state index in [0.29, 0.717) is 22.4 Å². The topological polar surface area (TPSA) is 87.1 Å². The highest BCUT2D eigenvalue weighted by Gasteiger charge is 2.13. The van der Waals surface area contributed by atoms with Crippen LogP contribution in [0.2, 0.25) is 0 Å². The first kappa shape index (κ1) is 18.9. The average Bonchev–Trinajstić information content (AvgIpc) is 3.14. The van der Waals surface area contributed by atoms with E-state index in [1.165, 1.54) is 23.2 Å². The zero-order valence-electron chi connectivity index (χ0n) is 17.4. The number of nitrogens with zero attached hydrogens (tertiary/aromatic N) is 6. The number of aromatic nitrogens is 6. The summed E-state index contributed by atoms with van der Waals surface area (Å²) in [5, 5.41) is 4.81. The number of rotatable bonds is 3. The Morgan fingerprint density at radius 1 is 0.968 bits per heavy atom. The molecule has 4 aromatic heterocycles. The lowest BCUT2D eigenvalue weighted by Gasteiger charge is -2.09. The van der Waals surface area contributed by atoms with Gasteiger partial charge in [-0.2, -0.15) is 5.10 Å². The van der Waals surface area contributed by atoms with Crippen LogP contribution in [0, 0.1) is 20.8 Å². The molecule has 1 aromatic carbocycles. The molecule has 0 radical (unpaired) electrons. The Bertz CT molecular complexity index is 1570. The molecule has 0 N–H and O–H groups in total. The Morgan fingerprint density at radius 2 is 1.74 bits per heavy atom. The maximum absolute atomic E-state index is 13.1. The van der Waals surface area contributed by atoms with Gasteiger partial charge >= 0.3 is 0 Å². The zero-order valence-corrected chi connectivity index (χ0v) is 17.4. The van der Waals surface area contributed by atoms with Gasteiger partial charge in [0.1, 0.15) is 17.4 Å². The first-order chi connectivity index (χ1) is 14.9. The van der Waals surface area contributed by atoms with Crippen LogP contribution >= 0.6 is 0 Å². The molecule has 0 aliphatic carbocycles. The number of benzene rings is 1. The Labute approximate surface area is 177 Å². The van der Waals surface area contributed by atoms with E-state index in [4.69, 9.17) is 0 Å². The van der Waals surface area contributed by atoms with Gasteiger partial charge in [-0.1, -0.05) is 12.1 Å². The van der Waals surface area contributed by atoms with Gasteiger partial charge in [0, 0.05) is 11.8 Å². The minimum Gasteiger partial charge on any atom is -0.292 e. The predicted octanol–water partition coefficient (Wildman–Crippen LogP) is 2.56. The standard InChI is InChI=1S/C23H20N6O2/c1-14-7-15(2)9-18(8-14)29-22-19(11-25-29)23(31)27(13-24-22)12-17-10-21(30)28-16(3)5-4-6-20(28)26-17/h4-11,13H,12H2,1-3H3. The molecule has 0 atom stereocenters. The molecule has 0 aliphatic rings. The third-order valence-electron chi connectivity index (χ3n) is 5.27. The van der Waals surface area contributed by atoms with Gasteiger partial charge in [-0.15, -0.1) is 0 Å². The Kier molecular flexibility index (Phi) is 4.28. The molecular weight excluding hydrogens is 392 g/mol. The Balaban J connectivity index is 1.58. The smallest absolute Gasteiger partial charge is 0.264 e. The number of hydrogen-bond donors (Lipinski definition) is 0. The molecule has 8 nitrogen and oxygen atoms in total. The molecule has 0 bridgehead atoms. The molecule has 0 spiro atoms. The summed E-state index contributed by atoms with van der Waals surface area (Å²) in [5.74, 6) is 0. The van der Waals surface area contributed by atoms with Gasteiger partial charge in [0.15, 0.2) is 5.65 Å². The SMILES string of the molecule is Cc1cc(C)cc(-n2ncc3c(=O)n(Cc4cc(=O)n5c(C)cccc5n4)cnc32)c1. The molecule has 0 saturated carbocycles. The number of pyridine rings is 1.